The molecule has 31 heavy (non-hydrogen) atoms. The van der Waals surface area contributed by atoms with Crippen LogP contribution in [0.4, 0.5) is 0 Å². The van der Waals surface area contributed by atoms with Gasteiger partial charge in [0.1, 0.15) is 23.9 Å². The Bertz CT molecular complexity index is 1160. The van der Waals surface area contributed by atoms with Crippen molar-refractivity contribution in [3.05, 3.63) is 90.3 Å². The Balaban J connectivity index is 1.39. The van der Waals surface area contributed by atoms with Crippen LogP contribution in [0.15, 0.2) is 78.9 Å². The molecule has 0 saturated carbocycles. The first kappa shape index (κ1) is 20.5. The summed E-state index contributed by atoms with van der Waals surface area (Å²) < 4.78 is 13.5. The summed E-state index contributed by atoms with van der Waals surface area (Å²) in [5.74, 6) is 2.09. The van der Waals surface area contributed by atoms with Crippen LogP contribution in [0.5, 0.6) is 11.5 Å². The molecule has 0 radical (unpaired) electrons. The van der Waals surface area contributed by atoms with Gasteiger partial charge in [0.25, 0.3) is 5.91 Å². The van der Waals surface area contributed by atoms with Gasteiger partial charge in [0.15, 0.2) is 6.61 Å². The lowest BCUT2D eigenvalue weighted by molar-refractivity contribution is -0.123. The Labute approximate surface area is 181 Å². The molecular formula is C25H25N3O3. The van der Waals surface area contributed by atoms with Crippen LogP contribution in [-0.2, 0) is 17.9 Å². The number of carbonyl (C=O) groups excluding carboxylic acids is 1. The number of nitrogens with one attached hydrogen (secondary N) is 1. The van der Waals surface area contributed by atoms with Gasteiger partial charge in [-0.05, 0) is 48.9 Å². The van der Waals surface area contributed by atoms with E-state index in [0.29, 0.717) is 25.4 Å². The zero-order chi connectivity index (χ0) is 21.5. The van der Waals surface area contributed by atoms with Crippen LogP contribution in [0.2, 0.25) is 0 Å². The predicted octanol–water partition coefficient (Wildman–Crippen LogP) is 4.12. The van der Waals surface area contributed by atoms with E-state index in [2.05, 4.69) is 9.88 Å². The number of para-hydroxylation sites is 3. The Kier molecular flexibility index (Phi) is 6.47. The van der Waals surface area contributed by atoms with Gasteiger partial charge in [-0.15, -0.1) is 0 Å². The van der Waals surface area contributed by atoms with Crippen molar-refractivity contribution < 1.29 is 14.3 Å². The summed E-state index contributed by atoms with van der Waals surface area (Å²) in [5, 5.41) is 2.90. The Morgan fingerprint density at radius 1 is 0.935 bits per heavy atom. The SMILES string of the molecule is Cc1cccc(OCCn2c(CNC(=O)COc3ccccc3)nc3ccccc32)c1. The molecule has 6 nitrogen and oxygen atoms in total. The largest absolute Gasteiger partial charge is 0.492 e. The first-order valence-electron chi connectivity index (χ1n) is 10.3. The number of benzene rings is 3. The van der Waals surface area contributed by atoms with E-state index in [4.69, 9.17) is 14.5 Å². The van der Waals surface area contributed by atoms with Gasteiger partial charge >= 0.3 is 0 Å². The van der Waals surface area contributed by atoms with E-state index >= 15 is 0 Å². The van der Waals surface area contributed by atoms with Crippen molar-refractivity contribution in [1.82, 2.24) is 14.9 Å². The lowest BCUT2D eigenvalue weighted by atomic mass is 10.2. The molecule has 0 aliphatic rings. The van der Waals surface area contributed by atoms with Crippen molar-refractivity contribution in [2.45, 2.75) is 20.0 Å². The highest BCUT2D eigenvalue weighted by Gasteiger charge is 2.12. The second-order valence-corrected chi connectivity index (χ2v) is 7.21. The van der Waals surface area contributed by atoms with Gasteiger partial charge < -0.3 is 19.4 Å². The average molecular weight is 415 g/mol. The molecule has 0 fully saturated rings. The summed E-state index contributed by atoms with van der Waals surface area (Å²) >= 11 is 0. The predicted molar refractivity (Wildman–Crippen MR) is 120 cm³/mol. The summed E-state index contributed by atoms with van der Waals surface area (Å²) in [4.78, 5) is 16.9. The third-order valence-corrected chi connectivity index (χ3v) is 4.86. The zero-order valence-corrected chi connectivity index (χ0v) is 17.5. The third kappa shape index (κ3) is 5.42. The molecule has 1 amide bonds. The van der Waals surface area contributed by atoms with E-state index < -0.39 is 0 Å². The normalized spacial score (nSPS) is 10.7. The molecule has 1 N–H and O–H groups in total. The zero-order valence-electron chi connectivity index (χ0n) is 17.5. The molecule has 158 valence electrons. The highest BCUT2D eigenvalue weighted by atomic mass is 16.5. The van der Waals surface area contributed by atoms with E-state index in [-0.39, 0.29) is 12.5 Å². The first-order chi connectivity index (χ1) is 15.2. The van der Waals surface area contributed by atoms with Crippen molar-refractivity contribution in [1.29, 1.82) is 0 Å². The van der Waals surface area contributed by atoms with Crippen molar-refractivity contribution in [3.8, 4) is 11.5 Å². The smallest absolute Gasteiger partial charge is 0.258 e. The summed E-state index contributed by atoms with van der Waals surface area (Å²) in [7, 11) is 0. The van der Waals surface area contributed by atoms with E-state index in [1.54, 1.807) is 0 Å². The summed E-state index contributed by atoms with van der Waals surface area (Å²) in [6, 6.07) is 25.2. The van der Waals surface area contributed by atoms with Crippen LogP contribution >= 0.6 is 0 Å². The van der Waals surface area contributed by atoms with Gasteiger partial charge in [0.05, 0.1) is 24.1 Å². The molecule has 4 rings (SSSR count). The molecule has 1 aromatic heterocycles. The summed E-state index contributed by atoms with van der Waals surface area (Å²) in [5.41, 5.74) is 3.06. The fraction of sp³-hybridized carbons (Fsp3) is 0.200. The highest BCUT2D eigenvalue weighted by Crippen LogP contribution is 2.17. The molecule has 0 atom stereocenters. The molecule has 0 saturated heterocycles. The summed E-state index contributed by atoms with van der Waals surface area (Å²) in [6.45, 7) is 3.44. The average Bonchev–Trinajstić information content (AvgIpc) is 3.15. The van der Waals surface area contributed by atoms with E-state index in [9.17, 15) is 4.79 Å². The number of fused-ring (bicyclic) bond motifs is 1. The van der Waals surface area contributed by atoms with Crippen LogP contribution in [-0.4, -0.2) is 28.7 Å². The molecular weight excluding hydrogens is 390 g/mol. The highest BCUT2D eigenvalue weighted by molar-refractivity contribution is 5.78. The van der Waals surface area contributed by atoms with E-state index in [1.807, 2.05) is 85.8 Å². The van der Waals surface area contributed by atoms with Crippen LogP contribution in [0.1, 0.15) is 11.4 Å². The lowest BCUT2D eigenvalue weighted by Crippen LogP contribution is -2.29. The lowest BCUT2D eigenvalue weighted by Gasteiger charge is -2.12. The van der Waals surface area contributed by atoms with Gasteiger partial charge in [-0.1, -0.05) is 42.5 Å². The number of nitrogens with zero attached hydrogens (tertiary/aromatic N) is 2. The number of hydrogen-bond acceptors (Lipinski definition) is 4. The van der Waals surface area contributed by atoms with Crippen molar-refractivity contribution in [3.63, 3.8) is 0 Å². The van der Waals surface area contributed by atoms with Gasteiger partial charge in [-0.25, -0.2) is 4.98 Å². The van der Waals surface area contributed by atoms with Crippen LogP contribution in [0.25, 0.3) is 11.0 Å². The third-order valence-electron chi connectivity index (χ3n) is 4.86. The maximum absolute atomic E-state index is 12.2. The van der Waals surface area contributed by atoms with Gasteiger partial charge in [0.2, 0.25) is 0 Å². The number of aromatic nitrogens is 2. The van der Waals surface area contributed by atoms with Gasteiger partial charge in [-0.2, -0.15) is 0 Å². The maximum Gasteiger partial charge on any atom is 0.258 e. The number of carbonyl (C=O) groups is 1. The van der Waals surface area contributed by atoms with E-state index in [0.717, 1.165) is 28.2 Å². The topological polar surface area (TPSA) is 65.4 Å². The second kappa shape index (κ2) is 9.80. The molecule has 4 aromatic rings. The van der Waals surface area contributed by atoms with Crippen molar-refractivity contribution >= 4 is 16.9 Å². The number of rotatable bonds is 9. The maximum atomic E-state index is 12.2. The Morgan fingerprint density at radius 3 is 2.55 bits per heavy atom. The minimum atomic E-state index is -0.196. The number of hydrogen-bond donors (Lipinski definition) is 1. The quantitative estimate of drug-likeness (QED) is 0.447. The molecule has 3 aromatic carbocycles. The molecule has 0 unspecified atom stereocenters. The summed E-state index contributed by atoms with van der Waals surface area (Å²) in [6.07, 6.45) is 0. The molecule has 1 heterocycles. The first-order valence-corrected chi connectivity index (χ1v) is 10.3. The molecule has 0 aliphatic heterocycles. The van der Waals surface area contributed by atoms with Gasteiger partial charge in [0, 0.05) is 0 Å². The Hall–Kier alpha value is -3.80. The number of amides is 1. The minimum Gasteiger partial charge on any atom is -0.492 e. The van der Waals surface area contributed by atoms with E-state index in [1.165, 1.54) is 0 Å². The number of imidazole rings is 1. The van der Waals surface area contributed by atoms with Crippen LogP contribution in [0.3, 0.4) is 0 Å². The fourth-order valence-electron chi connectivity index (χ4n) is 3.36. The van der Waals surface area contributed by atoms with Crippen molar-refractivity contribution in [2.24, 2.45) is 0 Å². The van der Waals surface area contributed by atoms with Crippen LogP contribution in [0, 0.1) is 6.92 Å². The Morgan fingerprint density at radius 2 is 1.71 bits per heavy atom. The molecule has 0 bridgehead atoms. The molecule has 0 spiro atoms. The second-order valence-electron chi connectivity index (χ2n) is 7.21. The molecule has 0 aliphatic carbocycles. The number of aryl methyl sites for hydroxylation is 1. The fourth-order valence-corrected chi connectivity index (χ4v) is 3.36. The van der Waals surface area contributed by atoms with Crippen LogP contribution < -0.4 is 14.8 Å². The van der Waals surface area contributed by atoms with Crippen molar-refractivity contribution in [2.75, 3.05) is 13.2 Å². The monoisotopic (exact) mass is 415 g/mol. The van der Waals surface area contributed by atoms with Gasteiger partial charge in [-0.3, -0.25) is 4.79 Å². The standard InChI is InChI=1S/C25H25N3O3/c1-19-8-7-11-21(16-19)30-15-14-28-23-13-6-5-12-22(23)27-24(28)17-26-25(29)18-31-20-9-3-2-4-10-20/h2-13,16H,14-15,17-18H2,1H3,(H,26,29). The molecule has 6 heteroatoms. The minimum absolute atomic E-state index is 0.0410. The number of ether oxygens (including phenoxy) is 2.